The van der Waals surface area contributed by atoms with Gasteiger partial charge in [-0.25, -0.2) is 0 Å². The molecule has 2 aromatic rings. The van der Waals surface area contributed by atoms with Crippen molar-refractivity contribution in [1.29, 1.82) is 0 Å². The molecule has 1 aromatic heterocycles. The molecule has 2 atom stereocenters. The lowest BCUT2D eigenvalue weighted by Crippen LogP contribution is -2.43. The quantitative estimate of drug-likeness (QED) is 0.799. The first-order chi connectivity index (χ1) is 13.0. The molecule has 4 heterocycles. The van der Waals surface area contributed by atoms with E-state index in [9.17, 15) is 13.2 Å². The molecule has 0 saturated carbocycles. The molecule has 0 spiro atoms. The molecule has 27 heavy (non-hydrogen) atoms. The van der Waals surface area contributed by atoms with Gasteiger partial charge in [0, 0.05) is 51.2 Å². The van der Waals surface area contributed by atoms with Gasteiger partial charge in [0.25, 0.3) is 0 Å². The average Bonchev–Trinajstić information content (AvgIpc) is 2.93. The fourth-order valence-corrected chi connectivity index (χ4v) is 4.50. The molecule has 0 amide bonds. The molecular weight excluding hydrogens is 351 g/mol. The van der Waals surface area contributed by atoms with Crippen molar-refractivity contribution in [1.82, 2.24) is 14.8 Å². The third-order valence-electron chi connectivity index (χ3n) is 5.75. The summed E-state index contributed by atoms with van der Waals surface area (Å²) >= 11 is 0. The Hall–Kier alpha value is -1.92. The summed E-state index contributed by atoms with van der Waals surface area (Å²) in [7, 11) is 0. The van der Waals surface area contributed by atoms with E-state index in [0.29, 0.717) is 24.1 Å². The Kier molecular flexibility index (Phi) is 5.19. The van der Waals surface area contributed by atoms with E-state index >= 15 is 0 Å². The molecule has 3 saturated heterocycles. The van der Waals surface area contributed by atoms with Gasteiger partial charge in [-0.15, -0.1) is 0 Å². The minimum absolute atomic E-state index is 0.312. The van der Waals surface area contributed by atoms with Crippen LogP contribution < -0.4 is 0 Å². The zero-order valence-corrected chi connectivity index (χ0v) is 15.2. The number of benzene rings is 1. The standard InChI is InChI=1S/C21H24F3N3/c22-21(23,24)20-4-2-1-3-18(20)14-27-13-17-5-6-19(27)15-26(12-17)11-16-7-9-25-10-8-16/h1-4,7-10,17,19H,5-6,11-15H2/t17-,19+/m0/s1. The molecule has 144 valence electrons. The molecule has 6 heteroatoms. The van der Waals surface area contributed by atoms with Crippen LogP contribution in [0.3, 0.4) is 0 Å². The summed E-state index contributed by atoms with van der Waals surface area (Å²) in [5.41, 5.74) is 1.12. The van der Waals surface area contributed by atoms with E-state index in [0.717, 1.165) is 39.0 Å². The van der Waals surface area contributed by atoms with Gasteiger partial charge >= 0.3 is 6.18 Å². The lowest BCUT2D eigenvalue weighted by Gasteiger charge is -2.36. The van der Waals surface area contributed by atoms with Crippen LogP contribution in [0.25, 0.3) is 0 Å². The normalized spacial score (nSPS) is 24.1. The maximum absolute atomic E-state index is 13.3. The number of piperidine rings is 1. The van der Waals surface area contributed by atoms with Crippen molar-refractivity contribution in [2.75, 3.05) is 19.6 Å². The van der Waals surface area contributed by atoms with Gasteiger partial charge in [-0.2, -0.15) is 13.2 Å². The minimum Gasteiger partial charge on any atom is -0.297 e. The minimum atomic E-state index is -4.30. The Morgan fingerprint density at radius 2 is 1.70 bits per heavy atom. The fourth-order valence-electron chi connectivity index (χ4n) is 4.50. The van der Waals surface area contributed by atoms with Crippen LogP contribution in [-0.2, 0) is 19.3 Å². The third-order valence-corrected chi connectivity index (χ3v) is 5.75. The molecular formula is C21H24F3N3. The second-order valence-electron chi connectivity index (χ2n) is 7.73. The smallest absolute Gasteiger partial charge is 0.297 e. The summed E-state index contributed by atoms with van der Waals surface area (Å²) in [6, 6.07) is 10.4. The van der Waals surface area contributed by atoms with E-state index in [1.54, 1.807) is 12.1 Å². The number of aromatic nitrogens is 1. The number of hydrogen-bond donors (Lipinski definition) is 0. The molecule has 1 aromatic carbocycles. The van der Waals surface area contributed by atoms with Gasteiger partial charge in [0.15, 0.2) is 0 Å². The van der Waals surface area contributed by atoms with Crippen LogP contribution >= 0.6 is 0 Å². The zero-order chi connectivity index (χ0) is 18.9. The molecule has 3 nitrogen and oxygen atoms in total. The third kappa shape index (κ3) is 4.33. The highest BCUT2D eigenvalue weighted by atomic mass is 19.4. The Balaban J connectivity index is 1.49. The SMILES string of the molecule is FC(F)(F)c1ccccc1CN1C[C@H]2CC[C@@H]1CN(Cc1ccncc1)C2. The Morgan fingerprint density at radius 3 is 2.48 bits per heavy atom. The average molecular weight is 375 g/mol. The van der Waals surface area contributed by atoms with Gasteiger partial charge in [-0.3, -0.25) is 14.8 Å². The number of alkyl halides is 3. The van der Waals surface area contributed by atoms with Gasteiger partial charge < -0.3 is 0 Å². The van der Waals surface area contributed by atoms with E-state index in [4.69, 9.17) is 0 Å². The van der Waals surface area contributed by atoms with Crippen LogP contribution in [0.2, 0.25) is 0 Å². The van der Waals surface area contributed by atoms with Crippen molar-refractivity contribution >= 4 is 0 Å². The molecule has 5 rings (SSSR count). The highest BCUT2D eigenvalue weighted by Crippen LogP contribution is 2.35. The highest BCUT2D eigenvalue weighted by molar-refractivity contribution is 5.29. The number of hydrogen-bond acceptors (Lipinski definition) is 3. The maximum Gasteiger partial charge on any atom is 0.416 e. The van der Waals surface area contributed by atoms with Crippen LogP contribution in [-0.4, -0.2) is 40.5 Å². The Labute approximate surface area is 157 Å². The van der Waals surface area contributed by atoms with Crippen molar-refractivity contribution in [2.45, 2.75) is 38.1 Å². The Morgan fingerprint density at radius 1 is 0.926 bits per heavy atom. The van der Waals surface area contributed by atoms with Gasteiger partial charge in [0.2, 0.25) is 0 Å². The van der Waals surface area contributed by atoms with Crippen molar-refractivity contribution in [2.24, 2.45) is 5.92 Å². The van der Waals surface area contributed by atoms with Crippen LogP contribution in [0.5, 0.6) is 0 Å². The van der Waals surface area contributed by atoms with E-state index in [-0.39, 0.29) is 0 Å². The zero-order valence-electron chi connectivity index (χ0n) is 15.2. The van der Waals surface area contributed by atoms with E-state index in [1.165, 1.54) is 17.7 Å². The first kappa shape index (κ1) is 18.4. The van der Waals surface area contributed by atoms with Crippen molar-refractivity contribution in [3.63, 3.8) is 0 Å². The van der Waals surface area contributed by atoms with Gasteiger partial charge in [-0.1, -0.05) is 18.2 Å². The molecule has 0 aliphatic carbocycles. The topological polar surface area (TPSA) is 19.4 Å². The summed E-state index contributed by atoms with van der Waals surface area (Å²) in [5, 5.41) is 0. The summed E-state index contributed by atoms with van der Waals surface area (Å²) in [6.07, 6.45) is 1.54. The lowest BCUT2D eigenvalue weighted by atomic mass is 9.94. The highest BCUT2D eigenvalue weighted by Gasteiger charge is 2.37. The molecule has 3 aliphatic rings. The van der Waals surface area contributed by atoms with Crippen molar-refractivity contribution in [3.05, 3.63) is 65.5 Å². The molecule has 2 bridgehead atoms. The fraction of sp³-hybridized carbons (Fsp3) is 0.476. The summed E-state index contributed by atoms with van der Waals surface area (Å²) in [6.45, 7) is 4.05. The van der Waals surface area contributed by atoms with Gasteiger partial charge in [-0.05, 0) is 48.1 Å². The van der Waals surface area contributed by atoms with Gasteiger partial charge in [0.05, 0.1) is 5.56 Å². The second kappa shape index (κ2) is 7.60. The lowest BCUT2D eigenvalue weighted by molar-refractivity contribution is -0.138. The number of fused-ring (bicyclic) bond motifs is 4. The van der Waals surface area contributed by atoms with Crippen molar-refractivity contribution < 1.29 is 13.2 Å². The molecule has 0 unspecified atom stereocenters. The summed E-state index contributed by atoms with van der Waals surface area (Å²) in [4.78, 5) is 8.79. The van der Waals surface area contributed by atoms with E-state index in [2.05, 4.69) is 14.8 Å². The first-order valence-corrected chi connectivity index (χ1v) is 9.49. The number of halogens is 3. The van der Waals surface area contributed by atoms with Crippen LogP contribution in [0.15, 0.2) is 48.8 Å². The number of pyridine rings is 1. The van der Waals surface area contributed by atoms with Crippen molar-refractivity contribution in [3.8, 4) is 0 Å². The number of rotatable bonds is 4. The molecule has 0 radical (unpaired) electrons. The molecule has 3 fully saturated rings. The predicted octanol–water partition coefficient (Wildman–Crippen LogP) is 4.20. The van der Waals surface area contributed by atoms with Crippen LogP contribution in [0.1, 0.15) is 29.5 Å². The van der Waals surface area contributed by atoms with Crippen LogP contribution in [0.4, 0.5) is 13.2 Å². The van der Waals surface area contributed by atoms with E-state index in [1.807, 2.05) is 24.5 Å². The largest absolute Gasteiger partial charge is 0.416 e. The monoisotopic (exact) mass is 375 g/mol. The summed E-state index contributed by atoms with van der Waals surface area (Å²) < 4.78 is 40.0. The molecule has 3 aliphatic heterocycles. The number of nitrogens with zero attached hydrogens (tertiary/aromatic N) is 3. The Bertz CT molecular complexity index is 763. The summed E-state index contributed by atoms with van der Waals surface area (Å²) in [5.74, 6) is 0.517. The second-order valence-corrected chi connectivity index (χ2v) is 7.73. The maximum atomic E-state index is 13.3. The van der Waals surface area contributed by atoms with Gasteiger partial charge in [0.1, 0.15) is 0 Å². The first-order valence-electron chi connectivity index (χ1n) is 9.49. The molecule has 0 N–H and O–H groups in total. The van der Waals surface area contributed by atoms with Crippen LogP contribution in [0, 0.1) is 5.92 Å². The van der Waals surface area contributed by atoms with E-state index < -0.39 is 11.7 Å². The predicted molar refractivity (Wildman–Crippen MR) is 97.9 cm³/mol.